The predicted octanol–water partition coefficient (Wildman–Crippen LogP) is 1.65. The molecule has 7 heteroatoms. The maximum absolute atomic E-state index is 12.8. The van der Waals surface area contributed by atoms with Gasteiger partial charge in [0, 0.05) is 26.8 Å². The number of carbonyl (C=O) groups is 2. The van der Waals surface area contributed by atoms with Crippen molar-refractivity contribution >= 4 is 22.6 Å². The highest BCUT2D eigenvalue weighted by molar-refractivity contribution is 5.93. The first-order valence-electron chi connectivity index (χ1n) is 8.83. The van der Waals surface area contributed by atoms with E-state index in [0.717, 1.165) is 16.3 Å². The van der Waals surface area contributed by atoms with Crippen molar-refractivity contribution in [2.24, 2.45) is 14.1 Å². The van der Waals surface area contributed by atoms with E-state index >= 15 is 0 Å². The fourth-order valence-corrected chi connectivity index (χ4v) is 3.06. The van der Waals surface area contributed by atoms with Crippen LogP contribution in [0.4, 0.5) is 0 Å². The van der Waals surface area contributed by atoms with Gasteiger partial charge in [-0.05, 0) is 28.5 Å². The number of nitrogens with one attached hydrogen (secondary N) is 2. The Morgan fingerprint density at radius 2 is 1.86 bits per heavy atom. The van der Waals surface area contributed by atoms with Gasteiger partial charge in [-0.1, -0.05) is 43.0 Å². The van der Waals surface area contributed by atoms with E-state index in [1.165, 1.54) is 21.4 Å². The van der Waals surface area contributed by atoms with E-state index in [0.29, 0.717) is 0 Å². The summed E-state index contributed by atoms with van der Waals surface area (Å²) >= 11 is 0. The molecule has 3 aromatic rings. The first-order chi connectivity index (χ1) is 13.4. The summed E-state index contributed by atoms with van der Waals surface area (Å²) in [6, 6.07) is 13.3. The highest BCUT2D eigenvalue weighted by atomic mass is 16.2. The number of amides is 2. The zero-order valence-electron chi connectivity index (χ0n) is 15.8. The number of hydrogen-bond donors (Lipinski definition) is 2. The lowest BCUT2D eigenvalue weighted by atomic mass is 10.0. The molecule has 144 valence electrons. The molecule has 0 fully saturated rings. The molecule has 28 heavy (non-hydrogen) atoms. The summed E-state index contributed by atoms with van der Waals surface area (Å²) in [4.78, 5) is 36.3. The van der Waals surface area contributed by atoms with E-state index in [-0.39, 0.29) is 23.8 Å². The third-order valence-corrected chi connectivity index (χ3v) is 4.65. The summed E-state index contributed by atoms with van der Waals surface area (Å²) in [6.07, 6.45) is 2.66. The van der Waals surface area contributed by atoms with Crippen molar-refractivity contribution in [2.45, 2.75) is 6.04 Å². The van der Waals surface area contributed by atoms with Crippen LogP contribution in [0.5, 0.6) is 0 Å². The Kier molecular flexibility index (Phi) is 5.44. The first kappa shape index (κ1) is 19.2. The maximum atomic E-state index is 12.8. The highest BCUT2D eigenvalue weighted by Gasteiger charge is 2.20. The number of carbonyl (C=O) groups excluding carboxylic acids is 2. The van der Waals surface area contributed by atoms with Crippen molar-refractivity contribution in [1.29, 1.82) is 0 Å². The summed E-state index contributed by atoms with van der Waals surface area (Å²) in [5.74, 6) is -0.724. The molecule has 1 aromatic heterocycles. The number of imidazole rings is 1. The third kappa shape index (κ3) is 3.88. The molecule has 0 aliphatic heterocycles. The number of hydrogen-bond acceptors (Lipinski definition) is 3. The normalized spacial score (nSPS) is 11.8. The zero-order valence-corrected chi connectivity index (χ0v) is 15.8. The quantitative estimate of drug-likeness (QED) is 0.640. The Morgan fingerprint density at radius 1 is 1.14 bits per heavy atom. The van der Waals surface area contributed by atoms with Gasteiger partial charge >= 0.3 is 5.69 Å². The Labute approximate surface area is 162 Å². The molecule has 0 bridgehead atoms. The molecule has 0 saturated carbocycles. The molecule has 2 amide bonds. The lowest BCUT2D eigenvalue weighted by Crippen LogP contribution is -2.38. The molecule has 0 spiro atoms. The molecule has 3 rings (SSSR count). The van der Waals surface area contributed by atoms with Crippen LogP contribution in [-0.4, -0.2) is 27.5 Å². The number of aryl methyl sites for hydroxylation is 1. The Hall–Kier alpha value is -3.61. The zero-order chi connectivity index (χ0) is 20.3. The Bertz CT molecular complexity index is 1110. The minimum Gasteiger partial charge on any atom is -0.350 e. The SMILES string of the molecule is C=CC(=O)NCC(NC(=O)c1cn(C)c(=O)n1C)c1ccc2ccccc2c1. The van der Waals surface area contributed by atoms with Gasteiger partial charge in [0.2, 0.25) is 5.91 Å². The molecule has 0 aliphatic carbocycles. The molecular weight excluding hydrogens is 356 g/mol. The molecule has 1 unspecified atom stereocenters. The average molecular weight is 378 g/mol. The fourth-order valence-electron chi connectivity index (χ4n) is 3.06. The molecule has 0 radical (unpaired) electrons. The van der Waals surface area contributed by atoms with E-state index in [9.17, 15) is 14.4 Å². The van der Waals surface area contributed by atoms with Crippen LogP contribution < -0.4 is 16.3 Å². The van der Waals surface area contributed by atoms with Gasteiger partial charge in [0.15, 0.2) is 0 Å². The van der Waals surface area contributed by atoms with Gasteiger partial charge in [-0.3, -0.25) is 14.2 Å². The molecular formula is C21H22N4O3. The molecule has 0 saturated heterocycles. The van der Waals surface area contributed by atoms with Crippen LogP contribution in [0.1, 0.15) is 22.1 Å². The summed E-state index contributed by atoms with van der Waals surface area (Å²) < 4.78 is 2.63. The molecule has 2 N–H and O–H groups in total. The van der Waals surface area contributed by atoms with Gasteiger partial charge in [0.05, 0.1) is 6.04 Å². The predicted molar refractivity (Wildman–Crippen MR) is 108 cm³/mol. The van der Waals surface area contributed by atoms with Crippen molar-refractivity contribution in [1.82, 2.24) is 19.8 Å². The fraction of sp³-hybridized carbons (Fsp3) is 0.190. The van der Waals surface area contributed by atoms with Crippen molar-refractivity contribution < 1.29 is 9.59 Å². The van der Waals surface area contributed by atoms with Crippen LogP contribution >= 0.6 is 0 Å². The lowest BCUT2D eigenvalue weighted by molar-refractivity contribution is -0.116. The summed E-state index contributed by atoms with van der Waals surface area (Å²) in [6.45, 7) is 3.63. The first-order valence-corrected chi connectivity index (χ1v) is 8.83. The molecule has 7 nitrogen and oxygen atoms in total. The van der Waals surface area contributed by atoms with E-state index in [4.69, 9.17) is 0 Å². The minimum atomic E-state index is -0.476. The Morgan fingerprint density at radius 3 is 2.50 bits per heavy atom. The topological polar surface area (TPSA) is 85.1 Å². The smallest absolute Gasteiger partial charge is 0.328 e. The van der Waals surface area contributed by atoms with Crippen molar-refractivity contribution in [2.75, 3.05) is 6.54 Å². The molecule has 1 atom stereocenters. The van der Waals surface area contributed by atoms with Gasteiger partial charge in [-0.25, -0.2) is 4.79 Å². The molecule has 0 aliphatic rings. The monoisotopic (exact) mass is 378 g/mol. The van der Waals surface area contributed by atoms with Crippen LogP contribution in [0.15, 0.2) is 66.1 Å². The van der Waals surface area contributed by atoms with Crippen molar-refractivity contribution in [3.8, 4) is 0 Å². The van der Waals surface area contributed by atoms with Gasteiger partial charge in [-0.15, -0.1) is 0 Å². The standard InChI is InChI=1S/C21H22N4O3/c1-4-19(26)22-12-17(16-10-9-14-7-5-6-8-15(14)11-16)23-20(27)18-13-24(2)21(28)25(18)3/h4-11,13,17H,1,12H2,2-3H3,(H,22,26)(H,23,27). The third-order valence-electron chi connectivity index (χ3n) is 4.65. The number of aromatic nitrogens is 2. The summed E-state index contributed by atoms with van der Waals surface area (Å²) in [5, 5.41) is 7.75. The van der Waals surface area contributed by atoms with Crippen molar-refractivity contribution in [3.05, 3.63) is 83.1 Å². The Balaban J connectivity index is 1.92. The highest BCUT2D eigenvalue weighted by Crippen LogP contribution is 2.20. The number of fused-ring (bicyclic) bond motifs is 1. The van der Waals surface area contributed by atoms with Crippen LogP contribution in [0.3, 0.4) is 0 Å². The van der Waals surface area contributed by atoms with Gasteiger partial charge < -0.3 is 15.2 Å². The second-order valence-corrected chi connectivity index (χ2v) is 6.55. The molecule has 2 aromatic carbocycles. The van der Waals surface area contributed by atoms with Gasteiger partial charge in [0.1, 0.15) is 5.69 Å². The van der Waals surface area contributed by atoms with Crippen LogP contribution in [-0.2, 0) is 18.9 Å². The second kappa shape index (κ2) is 7.96. The maximum Gasteiger partial charge on any atom is 0.328 e. The minimum absolute atomic E-state index is 0.190. The lowest BCUT2D eigenvalue weighted by Gasteiger charge is -2.20. The van der Waals surface area contributed by atoms with E-state index in [2.05, 4.69) is 17.2 Å². The van der Waals surface area contributed by atoms with E-state index in [1.54, 1.807) is 14.1 Å². The van der Waals surface area contributed by atoms with E-state index < -0.39 is 11.9 Å². The van der Waals surface area contributed by atoms with Crippen LogP contribution in [0.2, 0.25) is 0 Å². The van der Waals surface area contributed by atoms with Gasteiger partial charge in [-0.2, -0.15) is 0 Å². The van der Waals surface area contributed by atoms with Gasteiger partial charge in [0.25, 0.3) is 5.91 Å². The summed E-state index contributed by atoms with van der Waals surface area (Å²) in [5.41, 5.74) is 0.804. The second-order valence-electron chi connectivity index (χ2n) is 6.55. The number of rotatable bonds is 6. The van der Waals surface area contributed by atoms with Crippen molar-refractivity contribution in [3.63, 3.8) is 0 Å². The number of benzene rings is 2. The van der Waals surface area contributed by atoms with Crippen LogP contribution in [0, 0.1) is 0 Å². The number of nitrogens with zero attached hydrogens (tertiary/aromatic N) is 2. The largest absolute Gasteiger partial charge is 0.350 e. The van der Waals surface area contributed by atoms with E-state index in [1.807, 2.05) is 42.5 Å². The molecule has 1 heterocycles. The summed E-state index contributed by atoms with van der Waals surface area (Å²) in [7, 11) is 3.13. The average Bonchev–Trinajstić information content (AvgIpc) is 2.97. The van der Waals surface area contributed by atoms with Crippen LogP contribution in [0.25, 0.3) is 10.8 Å².